The number of aromatic nitrogens is 2. The molecule has 0 radical (unpaired) electrons. The van der Waals surface area contributed by atoms with Gasteiger partial charge in [-0.15, -0.1) is 0 Å². The lowest BCUT2D eigenvalue weighted by molar-refractivity contribution is 0.413. The molecule has 1 heterocycles. The number of imidazole rings is 1. The highest BCUT2D eigenvalue weighted by molar-refractivity contribution is 7.92. The van der Waals surface area contributed by atoms with Gasteiger partial charge in [0.25, 0.3) is 0 Å². The summed E-state index contributed by atoms with van der Waals surface area (Å²) in [4.78, 5) is 4.20. The molecule has 2 aromatic carbocycles. The Kier molecular flexibility index (Phi) is 5.72. The monoisotopic (exact) mass is 405 g/mol. The number of nitrogens with one attached hydrogen (secondary N) is 1. The van der Waals surface area contributed by atoms with E-state index >= 15 is 0 Å². The number of aryl methyl sites for hydroxylation is 2. The Balaban J connectivity index is 1.75. The van der Waals surface area contributed by atoms with Gasteiger partial charge >= 0.3 is 0 Å². The summed E-state index contributed by atoms with van der Waals surface area (Å²) in [5.41, 5.74) is 2.89. The predicted octanol–water partition coefficient (Wildman–Crippen LogP) is 3.83. The number of sulfonamides is 1. The van der Waals surface area contributed by atoms with Gasteiger partial charge in [0.05, 0.1) is 36.3 Å². The van der Waals surface area contributed by atoms with Crippen molar-refractivity contribution in [3.05, 3.63) is 71.3 Å². The third-order valence-electron chi connectivity index (χ3n) is 4.04. The van der Waals surface area contributed by atoms with E-state index in [0.717, 1.165) is 16.9 Å². The highest BCUT2D eigenvalue weighted by Crippen LogP contribution is 2.27. The van der Waals surface area contributed by atoms with Gasteiger partial charge in [0, 0.05) is 17.3 Å². The van der Waals surface area contributed by atoms with Gasteiger partial charge in [-0.25, -0.2) is 13.4 Å². The molecule has 8 heteroatoms. The van der Waals surface area contributed by atoms with Gasteiger partial charge in [-0.05, 0) is 37.1 Å². The van der Waals surface area contributed by atoms with Crippen molar-refractivity contribution in [2.24, 2.45) is 0 Å². The summed E-state index contributed by atoms with van der Waals surface area (Å²) in [6, 6.07) is 12.3. The molecule has 1 aromatic heterocycles. The molecule has 0 spiro atoms. The molecule has 27 heavy (non-hydrogen) atoms. The first-order valence-electron chi connectivity index (χ1n) is 8.31. The highest BCUT2D eigenvalue weighted by Gasteiger charge is 2.14. The van der Waals surface area contributed by atoms with Gasteiger partial charge in [-0.1, -0.05) is 29.8 Å². The fraction of sp³-hybridized carbons (Fsp3) is 0.211. The molecule has 0 amide bonds. The Labute approximate surface area is 163 Å². The van der Waals surface area contributed by atoms with E-state index in [0.29, 0.717) is 22.9 Å². The Morgan fingerprint density at radius 3 is 2.67 bits per heavy atom. The molecule has 0 bridgehead atoms. The number of hydrogen-bond acceptors (Lipinski definition) is 4. The van der Waals surface area contributed by atoms with Crippen LogP contribution in [0.15, 0.2) is 55.0 Å². The first-order valence-corrected chi connectivity index (χ1v) is 10.3. The number of ether oxygens (including phenoxy) is 1. The molecule has 0 saturated heterocycles. The van der Waals surface area contributed by atoms with E-state index < -0.39 is 10.0 Å². The van der Waals surface area contributed by atoms with Crippen LogP contribution in [0.4, 0.5) is 5.69 Å². The molecule has 3 rings (SSSR count). The highest BCUT2D eigenvalue weighted by atomic mass is 35.5. The van der Waals surface area contributed by atoms with Crippen molar-refractivity contribution in [3.63, 3.8) is 0 Å². The number of rotatable bonds is 7. The van der Waals surface area contributed by atoms with Gasteiger partial charge in [-0.2, -0.15) is 0 Å². The number of hydrogen-bond donors (Lipinski definition) is 1. The van der Waals surface area contributed by atoms with Gasteiger partial charge in [-0.3, -0.25) is 4.72 Å². The fourth-order valence-corrected chi connectivity index (χ4v) is 3.99. The molecule has 0 fully saturated rings. The standard InChI is InChI=1S/C19H20ClN3O3S/c1-14-12-23(13-21-14)18-8-7-16(11-19(18)26-2)22-27(24,25)10-9-15-5-3-4-6-17(15)20/h3-8,11-13,22H,9-10H2,1-2H3. The van der Waals surface area contributed by atoms with Gasteiger partial charge < -0.3 is 9.30 Å². The van der Waals surface area contributed by atoms with E-state index in [2.05, 4.69) is 9.71 Å². The third kappa shape index (κ3) is 4.81. The number of methoxy groups -OCH3 is 1. The lowest BCUT2D eigenvalue weighted by Crippen LogP contribution is -2.18. The first kappa shape index (κ1) is 19.3. The summed E-state index contributed by atoms with van der Waals surface area (Å²) in [6.45, 7) is 1.89. The number of benzene rings is 2. The molecule has 6 nitrogen and oxygen atoms in total. The van der Waals surface area contributed by atoms with E-state index in [1.165, 1.54) is 7.11 Å². The zero-order chi connectivity index (χ0) is 19.4. The minimum atomic E-state index is -3.53. The van der Waals surface area contributed by atoms with Crippen LogP contribution in [-0.4, -0.2) is 30.8 Å². The number of nitrogens with zero attached hydrogens (tertiary/aromatic N) is 2. The molecule has 0 aliphatic heterocycles. The Bertz CT molecular complexity index is 1050. The lowest BCUT2D eigenvalue weighted by Gasteiger charge is -2.13. The molecule has 1 N–H and O–H groups in total. The second-order valence-corrected chi connectivity index (χ2v) is 8.32. The molecule has 0 atom stereocenters. The van der Waals surface area contributed by atoms with Crippen LogP contribution in [0.2, 0.25) is 5.02 Å². The number of anilines is 1. The summed E-state index contributed by atoms with van der Waals surface area (Å²) < 4.78 is 34.7. The molecule has 0 aliphatic rings. The predicted molar refractivity (Wildman–Crippen MR) is 107 cm³/mol. The third-order valence-corrected chi connectivity index (χ3v) is 5.70. The molecule has 3 aromatic rings. The smallest absolute Gasteiger partial charge is 0.233 e. The van der Waals surface area contributed by atoms with Crippen LogP contribution >= 0.6 is 11.6 Å². The van der Waals surface area contributed by atoms with E-state index in [1.807, 2.05) is 35.9 Å². The summed E-state index contributed by atoms with van der Waals surface area (Å²) >= 11 is 6.09. The Morgan fingerprint density at radius 2 is 2.00 bits per heavy atom. The van der Waals surface area contributed by atoms with Crippen LogP contribution < -0.4 is 9.46 Å². The summed E-state index contributed by atoms with van der Waals surface area (Å²) in [7, 11) is -1.99. The van der Waals surface area contributed by atoms with Gasteiger partial charge in [0.1, 0.15) is 5.75 Å². The largest absolute Gasteiger partial charge is 0.494 e. The maximum Gasteiger partial charge on any atom is 0.233 e. The van der Waals surface area contributed by atoms with E-state index in [9.17, 15) is 8.42 Å². The molecule has 0 unspecified atom stereocenters. The molecule has 0 aliphatic carbocycles. The molecular formula is C19H20ClN3O3S. The minimum absolute atomic E-state index is 0.0679. The van der Waals surface area contributed by atoms with Crippen molar-refractivity contribution < 1.29 is 13.2 Å². The molecule has 142 valence electrons. The van der Waals surface area contributed by atoms with Crippen molar-refractivity contribution >= 4 is 27.3 Å². The molecular weight excluding hydrogens is 386 g/mol. The zero-order valence-corrected chi connectivity index (χ0v) is 16.6. The minimum Gasteiger partial charge on any atom is -0.494 e. The second kappa shape index (κ2) is 8.02. The van der Waals surface area contributed by atoms with Crippen LogP contribution in [0.5, 0.6) is 5.75 Å². The van der Waals surface area contributed by atoms with Gasteiger partial charge in [0.15, 0.2) is 0 Å². The maximum atomic E-state index is 12.4. The quantitative estimate of drug-likeness (QED) is 0.648. The van der Waals surface area contributed by atoms with E-state index in [1.54, 1.807) is 30.6 Å². The maximum absolute atomic E-state index is 12.4. The second-order valence-electron chi connectivity index (χ2n) is 6.07. The normalized spacial score (nSPS) is 11.4. The number of halogens is 1. The van der Waals surface area contributed by atoms with Crippen molar-refractivity contribution in [3.8, 4) is 11.4 Å². The Morgan fingerprint density at radius 1 is 1.22 bits per heavy atom. The van der Waals surface area contributed by atoms with Crippen LogP contribution in [0.3, 0.4) is 0 Å². The van der Waals surface area contributed by atoms with Crippen molar-refractivity contribution in [1.82, 2.24) is 9.55 Å². The average molecular weight is 406 g/mol. The molecule has 0 saturated carbocycles. The SMILES string of the molecule is COc1cc(NS(=O)(=O)CCc2ccccc2Cl)ccc1-n1cnc(C)c1. The van der Waals surface area contributed by atoms with Gasteiger partial charge in [0.2, 0.25) is 10.0 Å². The van der Waals surface area contributed by atoms with E-state index in [-0.39, 0.29) is 5.75 Å². The lowest BCUT2D eigenvalue weighted by atomic mass is 10.2. The average Bonchev–Trinajstić information content (AvgIpc) is 3.07. The topological polar surface area (TPSA) is 73.2 Å². The van der Waals surface area contributed by atoms with Crippen LogP contribution in [0.25, 0.3) is 5.69 Å². The Hall–Kier alpha value is -2.51. The van der Waals surface area contributed by atoms with Crippen LogP contribution in [0, 0.1) is 6.92 Å². The van der Waals surface area contributed by atoms with Crippen molar-refractivity contribution in [1.29, 1.82) is 0 Å². The van der Waals surface area contributed by atoms with Crippen LogP contribution in [0.1, 0.15) is 11.3 Å². The van der Waals surface area contributed by atoms with E-state index in [4.69, 9.17) is 16.3 Å². The first-order chi connectivity index (χ1) is 12.9. The fourth-order valence-electron chi connectivity index (χ4n) is 2.68. The van der Waals surface area contributed by atoms with Crippen molar-refractivity contribution in [2.45, 2.75) is 13.3 Å². The van der Waals surface area contributed by atoms with Crippen molar-refractivity contribution in [2.75, 3.05) is 17.6 Å². The summed E-state index contributed by atoms with van der Waals surface area (Å²) in [5, 5.41) is 0.564. The summed E-state index contributed by atoms with van der Waals surface area (Å²) in [6.07, 6.45) is 3.88. The summed E-state index contributed by atoms with van der Waals surface area (Å²) in [5.74, 6) is 0.473. The zero-order valence-electron chi connectivity index (χ0n) is 15.0. The van der Waals surface area contributed by atoms with Crippen LogP contribution in [-0.2, 0) is 16.4 Å².